The van der Waals surface area contributed by atoms with Gasteiger partial charge in [-0.1, -0.05) is 199 Å². The highest BCUT2D eigenvalue weighted by Crippen LogP contribution is 2.17. The molecule has 0 heterocycles. The lowest BCUT2D eigenvalue weighted by Crippen LogP contribution is -2.53. The summed E-state index contributed by atoms with van der Waals surface area (Å²) in [6.07, 6.45) is 41.0. The van der Waals surface area contributed by atoms with Gasteiger partial charge in [0.2, 0.25) is 5.91 Å². The average Bonchev–Trinajstić information content (AvgIpc) is 3.11. The third-order valence-electron chi connectivity index (χ3n) is 10.2. The molecule has 4 atom stereocenters. The van der Waals surface area contributed by atoms with Gasteiger partial charge in [-0.15, -0.1) is 0 Å². The van der Waals surface area contributed by atoms with Crippen LogP contribution >= 0.6 is 0 Å². The Kier molecular flexibility index (Phi) is 37.5. The molecule has 0 rings (SSSR count). The van der Waals surface area contributed by atoms with Crippen LogP contribution in [0.1, 0.15) is 226 Å². The zero-order valence-electron chi connectivity index (χ0n) is 32.7. The first-order chi connectivity index (χ1) is 24.0. The Morgan fingerprint density at radius 3 is 1.22 bits per heavy atom. The van der Waals surface area contributed by atoms with Crippen LogP contribution < -0.4 is 5.32 Å². The average molecular weight is 696 g/mol. The fraction of sp³-hybridized carbons (Fsp3) is 0.930. The lowest BCUT2D eigenvalue weighted by molar-refractivity contribution is -0.132. The van der Waals surface area contributed by atoms with Crippen molar-refractivity contribution in [3.8, 4) is 0 Å². The largest absolute Gasteiger partial charge is 0.394 e. The number of hydrogen-bond acceptors (Lipinski definition) is 5. The third-order valence-corrected chi connectivity index (χ3v) is 10.2. The number of rotatable bonds is 39. The van der Waals surface area contributed by atoms with E-state index in [0.29, 0.717) is 19.3 Å². The minimum absolute atomic E-state index is 0.324. The van der Waals surface area contributed by atoms with Crippen molar-refractivity contribution in [2.24, 2.45) is 0 Å². The third kappa shape index (κ3) is 32.7. The summed E-state index contributed by atoms with van der Waals surface area (Å²) in [4.78, 5) is 12.5. The number of aliphatic hydroxyl groups excluding tert-OH is 4. The molecule has 49 heavy (non-hydrogen) atoms. The van der Waals surface area contributed by atoms with E-state index in [9.17, 15) is 25.2 Å². The van der Waals surface area contributed by atoms with E-state index < -0.39 is 36.9 Å². The molecule has 0 unspecified atom stereocenters. The quantitative estimate of drug-likeness (QED) is 0.0325. The van der Waals surface area contributed by atoms with E-state index in [1.54, 1.807) is 0 Å². The first kappa shape index (κ1) is 48.0. The molecule has 0 radical (unpaired) electrons. The number of carbonyl (C=O) groups is 1. The zero-order chi connectivity index (χ0) is 36.0. The number of aliphatic hydroxyl groups is 4. The predicted octanol–water partition coefficient (Wildman–Crippen LogP) is 11.0. The van der Waals surface area contributed by atoms with Gasteiger partial charge in [-0.2, -0.15) is 0 Å². The van der Waals surface area contributed by atoms with Gasteiger partial charge in [0.25, 0.3) is 0 Å². The van der Waals surface area contributed by atoms with Gasteiger partial charge in [0.1, 0.15) is 12.2 Å². The first-order valence-electron chi connectivity index (χ1n) is 21.6. The lowest BCUT2D eigenvalue weighted by Gasteiger charge is -2.27. The molecule has 0 aromatic rings. The van der Waals surface area contributed by atoms with Crippen molar-refractivity contribution in [3.05, 3.63) is 12.2 Å². The molecule has 6 heteroatoms. The maximum absolute atomic E-state index is 12.5. The molecule has 1 amide bonds. The van der Waals surface area contributed by atoms with Crippen molar-refractivity contribution >= 4 is 5.91 Å². The molecule has 0 fully saturated rings. The summed E-state index contributed by atoms with van der Waals surface area (Å²) in [6, 6.07) is -0.992. The molecule has 0 spiro atoms. The Morgan fingerprint density at radius 1 is 0.490 bits per heavy atom. The monoisotopic (exact) mass is 696 g/mol. The molecule has 0 aliphatic rings. The van der Waals surface area contributed by atoms with Crippen LogP contribution in [0.3, 0.4) is 0 Å². The van der Waals surface area contributed by atoms with Crippen molar-refractivity contribution in [1.29, 1.82) is 0 Å². The fourth-order valence-electron chi connectivity index (χ4n) is 6.76. The van der Waals surface area contributed by atoms with Gasteiger partial charge in [-0.3, -0.25) is 4.79 Å². The lowest BCUT2D eigenvalue weighted by atomic mass is 9.99. The summed E-state index contributed by atoms with van der Waals surface area (Å²) < 4.78 is 0. The van der Waals surface area contributed by atoms with E-state index in [1.165, 1.54) is 161 Å². The first-order valence-corrected chi connectivity index (χ1v) is 21.6. The minimum Gasteiger partial charge on any atom is -0.394 e. The topological polar surface area (TPSA) is 110 Å². The molecule has 0 bridgehead atoms. The summed E-state index contributed by atoms with van der Waals surface area (Å²) in [5, 5.41) is 43.6. The normalized spacial score (nSPS) is 14.3. The summed E-state index contributed by atoms with van der Waals surface area (Å²) in [5.41, 5.74) is 0. The summed E-state index contributed by atoms with van der Waals surface area (Å²) in [5.74, 6) is -0.605. The van der Waals surface area contributed by atoms with E-state index in [-0.39, 0.29) is 0 Å². The van der Waals surface area contributed by atoms with E-state index in [4.69, 9.17) is 0 Å². The molecular formula is C43H85NO5. The summed E-state index contributed by atoms with van der Waals surface area (Å²) >= 11 is 0. The molecule has 0 saturated heterocycles. The van der Waals surface area contributed by atoms with Gasteiger partial charge in [-0.25, -0.2) is 0 Å². The number of allylic oxidation sites excluding steroid dienone is 2. The maximum Gasteiger partial charge on any atom is 0.249 e. The molecule has 0 aromatic carbocycles. The Balaban J connectivity index is 3.73. The highest BCUT2D eigenvalue weighted by atomic mass is 16.3. The Labute approximate surface area is 304 Å². The Bertz CT molecular complexity index is 702. The van der Waals surface area contributed by atoms with Gasteiger partial charge in [0.05, 0.1) is 18.8 Å². The molecule has 5 N–H and O–H groups in total. The minimum atomic E-state index is -1.26. The highest BCUT2D eigenvalue weighted by Gasteiger charge is 2.28. The molecular weight excluding hydrogens is 610 g/mol. The number of hydrogen-bond donors (Lipinski definition) is 5. The van der Waals surface area contributed by atoms with Crippen LogP contribution in [0.5, 0.6) is 0 Å². The maximum atomic E-state index is 12.5. The van der Waals surface area contributed by atoms with Crippen LogP contribution in [0.25, 0.3) is 0 Å². The van der Waals surface area contributed by atoms with Gasteiger partial charge >= 0.3 is 0 Å². The zero-order valence-corrected chi connectivity index (χ0v) is 32.7. The van der Waals surface area contributed by atoms with E-state index in [1.807, 2.05) is 0 Å². The van der Waals surface area contributed by atoms with Crippen LogP contribution in [-0.4, -0.2) is 57.3 Å². The van der Waals surface area contributed by atoms with E-state index in [2.05, 4.69) is 31.3 Å². The van der Waals surface area contributed by atoms with Crippen molar-refractivity contribution in [2.75, 3.05) is 6.61 Å². The van der Waals surface area contributed by atoms with Crippen molar-refractivity contribution in [3.63, 3.8) is 0 Å². The van der Waals surface area contributed by atoms with Crippen molar-refractivity contribution in [2.45, 2.75) is 250 Å². The smallest absolute Gasteiger partial charge is 0.249 e. The SMILES string of the molecule is CCCCCCCCCC/C=C\CCC[C@@H](O)C(=O)N[C@@H](CO)[C@H](O)[C@H](O)CCCCCCCCCCCCCCCCCCCCCC. The van der Waals surface area contributed by atoms with Gasteiger partial charge in [0, 0.05) is 0 Å². The molecule has 0 saturated carbocycles. The van der Waals surface area contributed by atoms with E-state index in [0.717, 1.165) is 32.1 Å². The molecule has 0 aromatic heterocycles. The number of amides is 1. The predicted molar refractivity (Wildman–Crippen MR) is 210 cm³/mol. The van der Waals surface area contributed by atoms with Crippen LogP contribution in [-0.2, 0) is 4.79 Å². The summed E-state index contributed by atoms with van der Waals surface area (Å²) in [6.45, 7) is 4.04. The van der Waals surface area contributed by atoms with Gasteiger partial charge < -0.3 is 25.7 Å². The molecule has 292 valence electrons. The second-order valence-electron chi connectivity index (χ2n) is 15.0. The van der Waals surface area contributed by atoms with Crippen molar-refractivity contribution < 1.29 is 25.2 Å². The van der Waals surface area contributed by atoms with Gasteiger partial charge in [-0.05, 0) is 38.5 Å². The van der Waals surface area contributed by atoms with Crippen LogP contribution in [0.15, 0.2) is 12.2 Å². The Morgan fingerprint density at radius 2 is 0.837 bits per heavy atom. The van der Waals surface area contributed by atoms with E-state index >= 15 is 0 Å². The summed E-state index contributed by atoms with van der Waals surface area (Å²) in [7, 11) is 0. The number of carbonyl (C=O) groups excluding carboxylic acids is 1. The highest BCUT2D eigenvalue weighted by molar-refractivity contribution is 5.80. The van der Waals surface area contributed by atoms with Crippen LogP contribution in [0.2, 0.25) is 0 Å². The van der Waals surface area contributed by atoms with Gasteiger partial charge in [0.15, 0.2) is 0 Å². The number of nitrogens with one attached hydrogen (secondary N) is 1. The van der Waals surface area contributed by atoms with Crippen LogP contribution in [0.4, 0.5) is 0 Å². The van der Waals surface area contributed by atoms with Crippen LogP contribution in [0, 0.1) is 0 Å². The Hall–Kier alpha value is -0.950. The number of unbranched alkanes of at least 4 members (excludes halogenated alkanes) is 28. The molecule has 6 nitrogen and oxygen atoms in total. The molecule has 0 aliphatic heterocycles. The fourth-order valence-corrected chi connectivity index (χ4v) is 6.76. The standard InChI is InChI=1S/C43H85NO5/c1-3-5-7-9-11-13-15-17-18-19-20-21-22-23-25-26-28-30-32-34-36-40(46)42(48)39(38-45)44-43(49)41(47)37-35-33-31-29-27-24-16-14-12-10-8-6-4-2/h29,31,39-42,45-48H,3-28,30,32-38H2,1-2H3,(H,44,49)/b31-29-/t39-,40+,41+,42-/m0/s1. The second kappa shape index (κ2) is 38.3. The second-order valence-corrected chi connectivity index (χ2v) is 15.0. The van der Waals surface area contributed by atoms with Crippen molar-refractivity contribution in [1.82, 2.24) is 5.32 Å². The molecule has 0 aliphatic carbocycles.